The normalized spacial score (nSPS) is 20.8. The molecule has 1 aliphatic heterocycles. The van der Waals surface area contributed by atoms with Gasteiger partial charge in [0, 0.05) is 23.0 Å². The van der Waals surface area contributed by atoms with Crippen LogP contribution in [-0.2, 0) is 4.79 Å². The minimum absolute atomic E-state index is 0.142. The van der Waals surface area contributed by atoms with Gasteiger partial charge in [0.2, 0.25) is 5.91 Å². The number of halogens is 2. The molecule has 1 amide bonds. The Morgan fingerprint density at radius 1 is 1.45 bits per heavy atom. The second-order valence-corrected chi connectivity index (χ2v) is 7.59. The number of hydrogen-bond donors (Lipinski definition) is 0. The van der Waals surface area contributed by atoms with E-state index in [1.54, 1.807) is 12.1 Å². The summed E-state index contributed by atoms with van der Waals surface area (Å²) in [6.45, 7) is 5.87. The number of likely N-dealkylation sites (tertiary alicyclic amines) is 1. The first kappa shape index (κ1) is 16.0. The van der Waals surface area contributed by atoms with Gasteiger partial charge in [-0.15, -0.1) is 11.8 Å². The molecule has 5 heteroatoms. The van der Waals surface area contributed by atoms with Crippen LogP contribution in [0.5, 0.6) is 0 Å². The fourth-order valence-corrected chi connectivity index (χ4v) is 3.95. The van der Waals surface area contributed by atoms with Gasteiger partial charge in [-0.25, -0.2) is 0 Å². The van der Waals surface area contributed by atoms with Crippen LogP contribution in [0, 0.1) is 5.92 Å². The molecular formula is C15H19Cl2NOS. The van der Waals surface area contributed by atoms with Gasteiger partial charge in [-0.05, 0) is 43.9 Å². The van der Waals surface area contributed by atoms with Crippen LogP contribution in [0.15, 0.2) is 23.1 Å². The minimum Gasteiger partial charge on any atom is -0.341 e. The fourth-order valence-electron chi connectivity index (χ4n) is 2.46. The van der Waals surface area contributed by atoms with E-state index in [4.69, 9.17) is 23.2 Å². The number of rotatable bonds is 3. The first-order valence-electron chi connectivity index (χ1n) is 6.88. The fraction of sp³-hybridized carbons (Fsp3) is 0.533. The smallest absolute Gasteiger partial charge is 0.235 e. The molecule has 0 saturated carbocycles. The van der Waals surface area contributed by atoms with Crippen molar-refractivity contribution in [3.05, 3.63) is 28.2 Å². The van der Waals surface area contributed by atoms with Crippen molar-refractivity contribution in [2.75, 3.05) is 13.1 Å². The summed E-state index contributed by atoms with van der Waals surface area (Å²) in [5.74, 6) is 0.789. The van der Waals surface area contributed by atoms with Crippen molar-refractivity contribution < 1.29 is 4.79 Å². The van der Waals surface area contributed by atoms with Crippen LogP contribution in [0.1, 0.15) is 26.7 Å². The van der Waals surface area contributed by atoms with Crippen molar-refractivity contribution >= 4 is 40.9 Å². The van der Waals surface area contributed by atoms with Crippen molar-refractivity contribution in [2.24, 2.45) is 5.92 Å². The molecule has 0 aromatic heterocycles. The lowest BCUT2D eigenvalue weighted by atomic mass is 10.0. The maximum Gasteiger partial charge on any atom is 0.235 e. The topological polar surface area (TPSA) is 20.3 Å². The van der Waals surface area contributed by atoms with E-state index in [1.807, 2.05) is 17.9 Å². The van der Waals surface area contributed by atoms with Gasteiger partial charge in [0.05, 0.1) is 10.3 Å². The van der Waals surface area contributed by atoms with Gasteiger partial charge in [0.1, 0.15) is 0 Å². The molecule has 0 spiro atoms. The van der Waals surface area contributed by atoms with Crippen molar-refractivity contribution in [1.82, 2.24) is 4.90 Å². The number of nitrogens with zero attached hydrogens (tertiary/aromatic N) is 1. The lowest BCUT2D eigenvalue weighted by molar-refractivity contribution is -0.131. The van der Waals surface area contributed by atoms with Crippen LogP contribution in [0.3, 0.4) is 0 Å². The summed E-state index contributed by atoms with van der Waals surface area (Å²) in [7, 11) is 0. The molecular weight excluding hydrogens is 313 g/mol. The Morgan fingerprint density at radius 3 is 2.90 bits per heavy atom. The van der Waals surface area contributed by atoms with Crippen LogP contribution in [0.2, 0.25) is 10.0 Å². The van der Waals surface area contributed by atoms with Gasteiger partial charge >= 0.3 is 0 Å². The highest BCUT2D eigenvalue weighted by Gasteiger charge is 2.25. The number of carbonyl (C=O) groups excluding carboxylic acids is 1. The Balaban J connectivity index is 2.01. The van der Waals surface area contributed by atoms with Crippen LogP contribution in [0.4, 0.5) is 0 Å². The summed E-state index contributed by atoms with van der Waals surface area (Å²) >= 11 is 13.6. The number of hydrogen-bond acceptors (Lipinski definition) is 2. The Labute approximate surface area is 134 Å². The van der Waals surface area contributed by atoms with E-state index in [0.29, 0.717) is 16.0 Å². The van der Waals surface area contributed by atoms with Crippen molar-refractivity contribution in [3.63, 3.8) is 0 Å². The third kappa shape index (κ3) is 4.06. The van der Waals surface area contributed by atoms with E-state index < -0.39 is 0 Å². The number of carbonyl (C=O) groups is 1. The van der Waals surface area contributed by atoms with Gasteiger partial charge in [0.15, 0.2) is 0 Å². The Morgan fingerprint density at radius 2 is 2.20 bits per heavy atom. The molecule has 20 heavy (non-hydrogen) atoms. The van der Waals surface area contributed by atoms with Gasteiger partial charge in [0.25, 0.3) is 0 Å². The molecule has 1 fully saturated rings. The largest absolute Gasteiger partial charge is 0.341 e. The summed E-state index contributed by atoms with van der Waals surface area (Å²) in [5.41, 5.74) is 0. The number of thioether (sulfide) groups is 1. The highest BCUT2D eigenvalue weighted by Crippen LogP contribution is 2.33. The van der Waals surface area contributed by atoms with Crippen molar-refractivity contribution in [2.45, 2.75) is 36.8 Å². The molecule has 1 aliphatic rings. The lowest BCUT2D eigenvalue weighted by Crippen LogP contribution is -2.42. The molecule has 0 bridgehead atoms. The zero-order valence-corrected chi connectivity index (χ0v) is 14.1. The SMILES string of the molecule is CC1CCCN(C(=O)C(C)Sc2cc(Cl)ccc2Cl)C1. The minimum atomic E-state index is -0.142. The summed E-state index contributed by atoms with van der Waals surface area (Å²) in [6.07, 6.45) is 2.31. The molecule has 2 rings (SSSR count). The van der Waals surface area contributed by atoms with Crippen LogP contribution in [0.25, 0.3) is 0 Å². The zero-order valence-electron chi connectivity index (χ0n) is 11.7. The summed E-state index contributed by atoms with van der Waals surface area (Å²) < 4.78 is 0. The van der Waals surface area contributed by atoms with Crippen LogP contribution in [-0.4, -0.2) is 29.1 Å². The lowest BCUT2D eigenvalue weighted by Gasteiger charge is -2.32. The summed E-state index contributed by atoms with van der Waals surface area (Å²) in [6, 6.07) is 5.34. The molecule has 2 atom stereocenters. The first-order valence-corrected chi connectivity index (χ1v) is 8.51. The Bertz CT molecular complexity index is 495. The first-order chi connectivity index (χ1) is 9.47. The monoisotopic (exact) mass is 331 g/mol. The molecule has 1 heterocycles. The van der Waals surface area contributed by atoms with Crippen molar-refractivity contribution in [3.8, 4) is 0 Å². The third-order valence-electron chi connectivity index (χ3n) is 3.51. The molecule has 0 N–H and O–H groups in total. The standard InChI is InChI=1S/C15H19Cl2NOS/c1-10-4-3-7-18(9-10)15(19)11(2)20-14-8-12(16)5-6-13(14)17/h5-6,8,10-11H,3-4,7,9H2,1-2H3. The molecule has 2 nitrogen and oxygen atoms in total. The molecule has 0 radical (unpaired) electrons. The number of piperidine rings is 1. The highest BCUT2D eigenvalue weighted by atomic mass is 35.5. The molecule has 2 unspecified atom stereocenters. The molecule has 0 aliphatic carbocycles. The Kier molecular flexibility index (Phi) is 5.65. The van der Waals surface area contributed by atoms with E-state index in [-0.39, 0.29) is 11.2 Å². The van der Waals surface area contributed by atoms with E-state index >= 15 is 0 Å². The molecule has 1 aromatic carbocycles. The predicted molar refractivity (Wildman–Crippen MR) is 86.8 cm³/mol. The van der Waals surface area contributed by atoms with Gasteiger partial charge in [-0.3, -0.25) is 4.79 Å². The maximum absolute atomic E-state index is 12.5. The van der Waals surface area contributed by atoms with Gasteiger partial charge in [-0.1, -0.05) is 30.1 Å². The van der Waals surface area contributed by atoms with Gasteiger partial charge in [-0.2, -0.15) is 0 Å². The molecule has 1 saturated heterocycles. The molecule has 1 aromatic rings. The third-order valence-corrected chi connectivity index (χ3v) is 5.34. The second-order valence-electron chi connectivity index (χ2n) is 5.37. The highest BCUT2D eigenvalue weighted by molar-refractivity contribution is 8.00. The van der Waals surface area contributed by atoms with E-state index in [0.717, 1.165) is 24.4 Å². The van der Waals surface area contributed by atoms with E-state index in [1.165, 1.54) is 18.2 Å². The summed E-state index contributed by atoms with van der Waals surface area (Å²) in [5, 5.41) is 1.14. The number of benzene rings is 1. The summed E-state index contributed by atoms with van der Waals surface area (Å²) in [4.78, 5) is 15.3. The maximum atomic E-state index is 12.5. The average molecular weight is 332 g/mol. The Hall–Kier alpha value is -0.380. The zero-order chi connectivity index (χ0) is 14.7. The quantitative estimate of drug-likeness (QED) is 0.746. The number of amides is 1. The van der Waals surface area contributed by atoms with E-state index in [9.17, 15) is 4.79 Å². The van der Waals surface area contributed by atoms with E-state index in [2.05, 4.69) is 6.92 Å². The van der Waals surface area contributed by atoms with Crippen LogP contribution >= 0.6 is 35.0 Å². The second kappa shape index (κ2) is 7.06. The average Bonchev–Trinajstić information content (AvgIpc) is 2.42. The molecule has 110 valence electrons. The van der Waals surface area contributed by atoms with Crippen molar-refractivity contribution in [1.29, 1.82) is 0 Å². The van der Waals surface area contributed by atoms with Gasteiger partial charge < -0.3 is 4.90 Å². The van der Waals surface area contributed by atoms with Crippen LogP contribution < -0.4 is 0 Å². The predicted octanol–water partition coefficient (Wildman–Crippen LogP) is 4.73.